The van der Waals surface area contributed by atoms with Crippen LogP contribution in [0, 0.1) is 3.57 Å². The fraction of sp³-hybridized carbons (Fsp3) is 0. The molecule has 0 fully saturated rings. The van der Waals surface area contributed by atoms with E-state index in [4.69, 9.17) is 16.3 Å². The molecule has 0 aliphatic rings. The molecule has 3 nitrogen and oxygen atoms in total. The van der Waals surface area contributed by atoms with Crippen LogP contribution < -0.4 is 4.74 Å². The summed E-state index contributed by atoms with van der Waals surface area (Å²) in [7, 11) is 0. The number of ether oxygens (including phenoxy) is 1. The summed E-state index contributed by atoms with van der Waals surface area (Å²) in [6, 6.07) is 14.2. The number of fused-ring (bicyclic) bond motifs is 1. The number of carbonyl (C=O) groups is 1. The molecule has 2 aromatic carbocycles. The molecule has 0 saturated heterocycles. The molecule has 1 aromatic heterocycles. The lowest BCUT2D eigenvalue weighted by Gasteiger charge is -2.08. The van der Waals surface area contributed by atoms with Gasteiger partial charge in [-0.05, 0) is 71.1 Å². The summed E-state index contributed by atoms with van der Waals surface area (Å²) in [6.45, 7) is 0. The number of rotatable bonds is 2. The molecule has 0 saturated carbocycles. The SMILES string of the molecule is O=C(Oc1ccc(Cl)c2cccnc12)c1ccc(I)cc1. The number of hydrogen-bond acceptors (Lipinski definition) is 3. The summed E-state index contributed by atoms with van der Waals surface area (Å²) in [6.07, 6.45) is 1.64. The molecular weight excluding hydrogens is 401 g/mol. The van der Waals surface area contributed by atoms with Crippen LogP contribution >= 0.6 is 34.2 Å². The molecule has 0 atom stereocenters. The molecule has 21 heavy (non-hydrogen) atoms. The van der Waals surface area contributed by atoms with E-state index in [2.05, 4.69) is 27.6 Å². The molecule has 0 unspecified atom stereocenters. The zero-order valence-corrected chi connectivity index (χ0v) is 13.6. The quantitative estimate of drug-likeness (QED) is 0.349. The van der Waals surface area contributed by atoms with Crippen LogP contribution in [-0.4, -0.2) is 11.0 Å². The Morgan fingerprint density at radius 2 is 1.86 bits per heavy atom. The number of aromatic nitrogens is 1. The van der Waals surface area contributed by atoms with Crippen molar-refractivity contribution in [1.82, 2.24) is 4.98 Å². The van der Waals surface area contributed by atoms with E-state index < -0.39 is 5.97 Å². The molecule has 3 aromatic rings. The van der Waals surface area contributed by atoms with Crippen LogP contribution in [0.4, 0.5) is 0 Å². The van der Waals surface area contributed by atoms with E-state index in [1.54, 1.807) is 36.5 Å². The maximum Gasteiger partial charge on any atom is 0.343 e. The molecule has 0 spiro atoms. The van der Waals surface area contributed by atoms with Gasteiger partial charge in [0.15, 0.2) is 5.75 Å². The Balaban J connectivity index is 1.97. The first-order chi connectivity index (χ1) is 10.1. The molecule has 104 valence electrons. The van der Waals surface area contributed by atoms with Crippen molar-refractivity contribution < 1.29 is 9.53 Å². The first-order valence-electron chi connectivity index (χ1n) is 6.16. The van der Waals surface area contributed by atoms with Crippen LogP contribution in [-0.2, 0) is 0 Å². The maximum absolute atomic E-state index is 12.2. The summed E-state index contributed by atoms with van der Waals surface area (Å²) in [5, 5.41) is 1.33. The van der Waals surface area contributed by atoms with E-state index in [-0.39, 0.29) is 0 Å². The van der Waals surface area contributed by atoms with Gasteiger partial charge in [-0.1, -0.05) is 11.6 Å². The van der Waals surface area contributed by atoms with Gasteiger partial charge in [0.1, 0.15) is 5.52 Å². The normalized spacial score (nSPS) is 10.6. The first-order valence-corrected chi connectivity index (χ1v) is 7.62. The second kappa shape index (κ2) is 5.99. The second-order valence-electron chi connectivity index (χ2n) is 4.34. The predicted octanol–water partition coefficient (Wildman–Crippen LogP) is 4.71. The van der Waals surface area contributed by atoms with Crippen molar-refractivity contribution in [2.75, 3.05) is 0 Å². The van der Waals surface area contributed by atoms with Crippen LogP contribution in [0.5, 0.6) is 5.75 Å². The number of carbonyl (C=O) groups excluding carboxylic acids is 1. The third kappa shape index (κ3) is 3.01. The summed E-state index contributed by atoms with van der Waals surface area (Å²) in [5.41, 5.74) is 1.07. The van der Waals surface area contributed by atoms with Crippen LogP contribution in [0.15, 0.2) is 54.7 Å². The van der Waals surface area contributed by atoms with Crippen LogP contribution in [0.1, 0.15) is 10.4 Å². The van der Waals surface area contributed by atoms with Crippen molar-refractivity contribution in [3.63, 3.8) is 0 Å². The van der Waals surface area contributed by atoms with Crippen molar-refractivity contribution in [3.05, 3.63) is 68.9 Å². The Morgan fingerprint density at radius 1 is 1.10 bits per heavy atom. The minimum Gasteiger partial charge on any atom is -0.421 e. The Labute approximate surface area is 140 Å². The van der Waals surface area contributed by atoms with Gasteiger partial charge in [0.05, 0.1) is 10.6 Å². The van der Waals surface area contributed by atoms with E-state index in [1.807, 2.05) is 18.2 Å². The van der Waals surface area contributed by atoms with Crippen molar-refractivity contribution in [1.29, 1.82) is 0 Å². The van der Waals surface area contributed by atoms with E-state index in [0.717, 1.165) is 8.96 Å². The van der Waals surface area contributed by atoms with Crippen molar-refractivity contribution in [2.24, 2.45) is 0 Å². The number of hydrogen-bond donors (Lipinski definition) is 0. The van der Waals surface area contributed by atoms with Gasteiger partial charge in [-0.15, -0.1) is 0 Å². The highest BCUT2D eigenvalue weighted by atomic mass is 127. The Kier molecular flexibility index (Phi) is 4.07. The topological polar surface area (TPSA) is 39.2 Å². The average molecular weight is 410 g/mol. The highest BCUT2D eigenvalue weighted by Crippen LogP contribution is 2.30. The molecule has 0 aliphatic carbocycles. The van der Waals surface area contributed by atoms with Gasteiger partial charge in [-0.2, -0.15) is 0 Å². The minimum absolute atomic E-state index is 0.401. The summed E-state index contributed by atoms with van der Waals surface area (Å²) in [4.78, 5) is 16.4. The van der Waals surface area contributed by atoms with Crippen LogP contribution in [0.3, 0.4) is 0 Å². The van der Waals surface area contributed by atoms with Gasteiger partial charge >= 0.3 is 5.97 Å². The maximum atomic E-state index is 12.2. The monoisotopic (exact) mass is 409 g/mol. The Morgan fingerprint density at radius 3 is 2.62 bits per heavy atom. The van der Waals surface area contributed by atoms with Gasteiger partial charge in [0.25, 0.3) is 0 Å². The van der Waals surface area contributed by atoms with Gasteiger partial charge < -0.3 is 4.74 Å². The number of pyridine rings is 1. The smallest absolute Gasteiger partial charge is 0.343 e. The van der Waals surface area contributed by atoms with Crippen molar-refractivity contribution in [3.8, 4) is 5.75 Å². The van der Waals surface area contributed by atoms with Crippen LogP contribution in [0.2, 0.25) is 5.02 Å². The van der Waals surface area contributed by atoms with E-state index in [0.29, 0.717) is 21.9 Å². The van der Waals surface area contributed by atoms with Crippen molar-refractivity contribution in [2.45, 2.75) is 0 Å². The third-order valence-corrected chi connectivity index (χ3v) is 4.01. The standard InChI is InChI=1S/C16H9ClINO2/c17-13-7-8-14(15-12(13)2-1-9-19-15)21-16(20)10-3-5-11(18)6-4-10/h1-9H. The molecule has 1 heterocycles. The van der Waals surface area contributed by atoms with Gasteiger partial charge in [-0.25, -0.2) is 4.79 Å². The third-order valence-electron chi connectivity index (χ3n) is 2.96. The Bertz CT molecular complexity index is 818. The molecular formula is C16H9ClINO2. The molecule has 0 aliphatic heterocycles. The van der Waals surface area contributed by atoms with E-state index in [9.17, 15) is 4.79 Å². The zero-order chi connectivity index (χ0) is 14.8. The van der Waals surface area contributed by atoms with Gasteiger partial charge in [0.2, 0.25) is 0 Å². The fourth-order valence-electron chi connectivity index (χ4n) is 1.94. The molecule has 0 radical (unpaired) electrons. The molecule has 3 rings (SSSR count). The molecule has 5 heteroatoms. The highest BCUT2D eigenvalue weighted by Gasteiger charge is 2.12. The first kappa shape index (κ1) is 14.3. The molecule has 0 N–H and O–H groups in total. The number of benzene rings is 2. The predicted molar refractivity (Wildman–Crippen MR) is 90.9 cm³/mol. The van der Waals surface area contributed by atoms with Gasteiger partial charge in [0, 0.05) is 15.2 Å². The average Bonchev–Trinajstić information content (AvgIpc) is 2.51. The molecule has 0 amide bonds. The lowest BCUT2D eigenvalue weighted by molar-refractivity contribution is 0.0737. The second-order valence-corrected chi connectivity index (χ2v) is 5.99. The van der Waals surface area contributed by atoms with E-state index in [1.165, 1.54) is 0 Å². The summed E-state index contributed by atoms with van der Waals surface area (Å²) in [5.74, 6) is -0.0146. The lowest BCUT2D eigenvalue weighted by Crippen LogP contribution is -2.08. The Hall–Kier alpha value is -1.66. The van der Waals surface area contributed by atoms with Gasteiger partial charge in [-0.3, -0.25) is 4.98 Å². The minimum atomic E-state index is -0.416. The molecule has 0 bridgehead atoms. The largest absolute Gasteiger partial charge is 0.421 e. The number of esters is 1. The van der Waals surface area contributed by atoms with E-state index >= 15 is 0 Å². The number of halogens is 2. The van der Waals surface area contributed by atoms with Crippen LogP contribution in [0.25, 0.3) is 10.9 Å². The zero-order valence-electron chi connectivity index (χ0n) is 10.7. The fourth-order valence-corrected chi connectivity index (χ4v) is 2.51. The van der Waals surface area contributed by atoms with Crippen molar-refractivity contribution >= 4 is 51.1 Å². The lowest BCUT2D eigenvalue weighted by atomic mass is 10.2. The summed E-state index contributed by atoms with van der Waals surface area (Å²) < 4.78 is 6.50. The number of nitrogens with zero attached hydrogens (tertiary/aromatic N) is 1. The highest BCUT2D eigenvalue weighted by molar-refractivity contribution is 14.1. The summed E-state index contributed by atoms with van der Waals surface area (Å²) >= 11 is 8.30.